The zero-order chi connectivity index (χ0) is 19.7. The van der Waals surface area contributed by atoms with E-state index >= 15 is 0 Å². The Morgan fingerprint density at radius 2 is 1.93 bits per heavy atom. The van der Waals surface area contributed by atoms with Gasteiger partial charge in [-0.3, -0.25) is 4.79 Å². The van der Waals surface area contributed by atoms with E-state index in [0.717, 1.165) is 23.4 Å². The smallest absolute Gasteiger partial charge is 0.224 e. The van der Waals surface area contributed by atoms with Gasteiger partial charge in [0, 0.05) is 17.8 Å². The topological polar surface area (TPSA) is 64.9 Å². The number of nitriles is 1. The summed E-state index contributed by atoms with van der Waals surface area (Å²) in [7, 11) is 0. The predicted octanol–water partition coefficient (Wildman–Crippen LogP) is 4.88. The monoisotopic (exact) mass is 387 g/mol. The lowest BCUT2D eigenvalue weighted by atomic mass is 9.67. The lowest BCUT2D eigenvalue weighted by Gasteiger charge is -2.44. The number of halogens is 1. The molecular formula is C24H22FN3O. The number of aryl methyl sites for hydroxylation is 1. The van der Waals surface area contributed by atoms with Crippen molar-refractivity contribution < 1.29 is 9.18 Å². The van der Waals surface area contributed by atoms with Crippen LogP contribution >= 0.6 is 0 Å². The molecule has 2 bridgehead atoms. The summed E-state index contributed by atoms with van der Waals surface area (Å²) in [6.07, 6.45) is 5.14. The Morgan fingerprint density at radius 3 is 2.79 bits per heavy atom. The molecule has 0 radical (unpaired) electrons. The van der Waals surface area contributed by atoms with Crippen LogP contribution in [0.5, 0.6) is 0 Å². The summed E-state index contributed by atoms with van der Waals surface area (Å²) in [6.45, 7) is 0. The molecule has 2 aliphatic carbocycles. The van der Waals surface area contributed by atoms with Crippen LogP contribution in [0.4, 0.5) is 15.8 Å². The highest BCUT2D eigenvalue weighted by molar-refractivity contribution is 5.95. The molecule has 5 atom stereocenters. The maximum Gasteiger partial charge on any atom is 0.224 e. The molecule has 5 heteroatoms. The molecule has 2 aliphatic heterocycles. The van der Waals surface area contributed by atoms with E-state index in [1.54, 1.807) is 6.07 Å². The highest BCUT2D eigenvalue weighted by Crippen LogP contribution is 2.64. The van der Waals surface area contributed by atoms with Crippen molar-refractivity contribution in [3.8, 4) is 6.07 Å². The Bertz CT molecular complexity index is 1090. The van der Waals surface area contributed by atoms with Crippen LogP contribution in [0.2, 0.25) is 0 Å². The first-order valence-electron chi connectivity index (χ1n) is 10.5. The highest BCUT2D eigenvalue weighted by atomic mass is 19.1. The van der Waals surface area contributed by atoms with Gasteiger partial charge in [0.05, 0.1) is 11.6 Å². The van der Waals surface area contributed by atoms with Gasteiger partial charge in [-0.25, -0.2) is 4.39 Å². The summed E-state index contributed by atoms with van der Waals surface area (Å²) in [5.41, 5.74) is 5.69. The molecule has 0 saturated heterocycles. The Hall–Kier alpha value is -2.87. The first-order valence-corrected chi connectivity index (χ1v) is 10.5. The van der Waals surface area contributed by atoms with E-state index in [1.165, 1.54) is 36.5 Å². The summed E-state index contributed by atoms with van der Waals surface area (Å²) < 4.78 is 13.9. The number of amides is 1. The normalized spacial score (nSPS) is 31.2. The van der Waals surface area contributed by atoms with Crippen LogP contribution in [0.3, 0.4) is 0 Å². The molecule has 6 rings (SSSR count). The summed E-state index contributed by atoms with van der Waals surface area (Å²) in [5.74, 6) is 1.93. The molecule has 2 aromatic carbocycles. The molecule has 1 amide bonds. The summed E-state index contributed by atoms with van der Waals surface area (Å²) in [5, 5.41) is 16.0. The summed E-state index contributed by atoms with van der Waals surface area (Å²) in [4.78, 5) is 11.9. The number of carbonyl (C=O) groups is 1. The number of nitrogens with one attached hydrogen (secondary N) is 2. The molecule has 4 aliphatic rings. The Labute approximate surface area is 169 Å². The van der Waals surface area contributed by atoms with E-state index in [0.29, 0.717) is 30.1 Å². The molecule has 29 heavy (non-hydrogen) atoms. The molecule has 2 heterocycles. The molecule has 4 nitrogen and oxygen atoms in total. The number of benzene rings is 2. The fourth-order valence-electron chi connectivity index (χ4n) is 6.52. The SMILES string of the molecule is N#Cc1cc(C2Nc3cc4c(cc3C3C5CCC(C5)C23)CCC(=O)N4)ccc1F. The first-order chi connectivity index (χ1) is 14.1. The van der Waals surface area contributed by atoms with Crippen LogP contribution in [0.15, 0.2) is 30.3 Å². The van der Waals surface area contributed by atoms with Crippen molar-refractivity contribution in [2.24, 2.45) is 17.8 Å². The summed E-state index contributed by atoms with van der Waals surface area (Å²) >= 11 is 0. The molecule has 146 valence electrons. The van der Waals surface area contributed by atoms with Crippen LogP contribution < -0.4 is 10.6 Å². The third-order valence-electron chi connectivity index (χ3n) is 7.68. The van der Waals surface area contributed by atoms with Crippen molar-refractivity contribution in [2.75, 3.05) is 10.6 Å². The van der Waals surface area contributed by atoms with Crippen molar-refractivity contribution in [3.05, 3.63) is 58.4 Å². The molecule has 5 unspecified atom stereocenters. The molecule has 2 saturated carbocycles. The zero-order valence-corrected chi connectivity index (χ0v) is 16.0. The van der Waals surface area contributed by atoms with Gasteiger partial charge in [0.15, 0.2) is 0 Å². The van der Waals surface area contributed by atoms with Crippen molar-refractivity contribution in [1.29, 1.82) is 5.26 Å². The molecular weight excluding hydrogens is 365 g/mol. The molecule has 0 aromatic heterocycles. The largest absolute Gasteiger partial charge is 0.378 e. The minimum absolute atomic E-state index is 0.0628. The second-order valence-corrected chi connectivity index (χ2v) is 9.05. The average molecular weight is 387 g/mol. The van der Waals surface area contributed by atoms with E-state index < -0.39 is 5.82 Å². The predicted molar refractivity (Wildman–Crippen MR) is 108 cm³/mol. The van der Waals surface area contributed by atoms with Gasteiger partial charge in [0.1, 0.15) is 11.9 Å². The fraction of sp³-hybridized carbons (Fsp3) is 0.417. The fourth-order valence-corrected chi connectivity index (χ4v) is 6.52. The third-order valence-corrected chi connectivity index (χ3v) is 7.68. The zero-order valence-electron chi connectivity index (χ0n) is 16.0. The van der Waals surface area contributed by atoms with E-state index in [1.807, 2.05) is 12.1 Å². The van der Waals surface area contributed by atoms with Crippen molar-refractivity contribution >= 4 is 17.3 Å². The maximum atomic E-state index is 13.9. The molecule has 2 N–H and O–H groups in total. The molecule has 2 fully saturated rings. The van der Waals surface area contributed by atoms with Crippen molar-refractivity contribution in [3.63, 3.8) is 0 Å². The van der Waals surface area contributed by atoms with Crippen LogP contribution in [-0.4, -0.2) is 5.91 Å². The van der Waals surface area contributed by atoms with Gasteiger partial charge >= 0.3 is 0 Å². The number of hydrogen-bond acceptors (Lipinski definition) is 3. The summed E-state index contributed by atoms with van der Waals surface area (Å²) in [6, 6.07) is 11.4. The van der Waals surface area contributed by atoms with Crippen molar-refractivity contribution in [1.82, 2.24) is 0 Å². The maximum absolute atomic E-state index is 13.9. The quantitative estimate of drug-likeness (QED) is 0.733. The van der Waals surface area contributed by atoms with E-state index in [-0.39, 0.29) is 17.5 Å². The number of rotatable bonds is 1. The van der Waals surface area contributed by atoms with E-state index in [2.05, 4.69) is 22.8 Å². The van der Waals surface area contributed by atoms with Gasteiger partial charge in [0.25, 0.3) is 0 Å². The Balaban J connectivity index is 1.48. The van der Waals surface area contributed by atoms with Crippen LogP contribution in [0, 0.1) is 34.9 Å². The number of carbonyl (C=O) groups excluding carboxylic acids is 1. The Kier molecular flexibility index (Phi) is 3.56. The molecule has 0 spiro atoms. The van der Waals surface area contributed by atoms with E-state index in [4.69, 9.17) is 0 Å². The lowest BCUT2D eigenvalue weighted by Crippen LogP contribution is -2.36. The minimum Gasteiger partial charge on any atom is -0.378 e. The van der Waals surface area contributed by atoms with Gasteiger partial charge in [-0.2, -0.15) is 5.26 Å². The van der Waals surface area contributed by atoms with Crippen LogP contribution in [0.25, 0.3) is 0 Å². The van der Waals surface area contributed by atoms with Gasteiger partial charge < -0.3 is 10.6 Å². The van der Waals surface area contributed by atoms with Gasteiger partial charge in [-0.05, 0) is 84.2 Å². The van der Waals surface area contributed by atoms with Crippen LogP contribution in [-0.2, 0) is 11.2 Å². The van der Waals surface area contributed by atoms with Crippen LogP contribution in [0.1, 0.15) is 59.9 Å². The van der Waals surface area contributed by atoms with Gasteiger partial charge in [-0.15, -0.1) is 0 Å². The molecule has 2 aromatic rings. The van der Waals surface area contributed by atoms with Gasteiger partial charge in [-0.1, -0.05) is 12.1 Å². The second-order valence-electron chi connectivity index (χ2n) is 9.05. The Morgan fingerprint density at radius 1 is 1.07 bits per heavy atom. The number of hydrogen-bond donors (Lipinski definition) is 2. The number of fused-ring (bicyclic) bond motifs is 8. The lowest BCUT2D eigenvalue weighted by molar-refractivity contribution is -0.116. The first kappa shape index (κ1) is 17.0. The average Bonchev–Trinajstić information content (AvgIpc) is 3.35. The standard InChI is InChI=1S/C24H22FN3O/c25-18-5-3-15(8-16(18)11-26)24-23-14-2-1-13(7-14)22(23)17-9-12-4-6-21(29)27-19(12)10-20(17)28-24/h3,5,8-10,13-14,22-24,28H,1-2,4,6-7H2,(H,27,29). The number of nitrogens with zero attached hydrogens (tertiary/aromatic N) is 1. The van der Waals surface area contributed by atoms with Crippen molar-refractivity contribution in [2.45, 2.75) is 44.1 Å². The number of anilines is 2. The van der Waals surface area contributed by atoms with E-state index in [9.17, 15) is 14.4 Å². The second kappa shape index (κ2) is 6.06. The highest BCUT2D eigenvalue weighted by Gasteiger charge is 2.54. The third kappa shape index (κ3) is 2.45. The minimum atomic E-state index is -0.464. The van der Waals surface area contributed by atoms with Gasteiger partial charge in [0.2, 0.25) is 5.91 Å².